The Labute approximate surface area is 115 Å². The summed E-state index contributed by atoms with van der Waals surface area (Å²) in [6.45, 7) is 12.2. The highest BCUT2D eigenvalue weighted by atomic mass is 14.6. The van der Waals surface area contributed by atoms with Crippen LogP contribution in [-0.2, 0) is 0 Å². The van der Waals surface area contributed by atoms with Crippen LogP contribution in [-0.4, -0.2) is 0 Å². The van der Waals surface area contributed by atoms with Crippen molar-refractivity contribution in [2.75, 3.05) is 0 Å². The molecule has 0 saturated heterocycles. The molecule has 0 bridgehead atoms. The van der Waals surface area contributed by atoms with Gasteiger partial charge in [-0.25, -0.2) is 0 Å². The van der Waals surface area contributed by atoms with Crippen molar-refractivity contribution in [1.82, 2.24) is 0 Å². The van der Waals surface area contributed by atoms with Crippen LogP contribution in [0.2, 0.25) is 0 Å². The molecule has 0 aromatic heterocycles. The number of hydrogen-bond donors (Lipinski definition) is 0. The van der Waals surface area contributed by atoms with Crippen LogP contribution in [0.5, 0.6) is 0 Å². The highest BCUT2D eigenvalue weighted by Crippen LogP contribution is 2.61. The average molecular weight is 250 g/mol. The summed E-state index contributed by atoms with van der Waals surface area (Å²) in [5, 5.41) is 0. The maximum absolute atomic E-state index is 2.51. The van der Waals surface area contributed by atoms with Crippen LogP contribution in [0.1, 0.15) is 73.1 Å². The number of rotatable bonds is 5. The van der Waals surface area contributed by atoms with Gasteiger partial charge in [-0.1, -0.05) is 53.9 Å². The van der Waals surface area contributed by atoms with Crippen LogP contribution < -0.4 is 0 Å². The fraction of sp³-hybridized carbons (Fsp3) is 1.00. The lowest BCUT2D eigenvalue weighted by Crippen LogP contribution is -2.17. The zero-order valence-corrected chi connectivity index (χ0v) is 13.3. The van der Waals surface area contributed by atoms with E-state index in [-0.39, 0.29) is 0 Å². The molecule has 0 radical (unpaired) electrons. The molecule has 7 unspecified atom stereocenters. The number of fused-ring (bicyclic) bond motifs is 1. The minimum absolute atomic E-state index is 0.955. The Bertz CT molecular complexity index is 257. The third-order valence-electron chi connectivity index (χ3n) is 6.31. The molecule has 18 heavy (non-hydrogen) atoms. The van der Waals surface area contributed by atoms with Gasteiger partial charge in [-0.3, -0.25) is 0 Å². The van der Waals surface area contributed by atoms with Crippen molar-refractivity contribution in [3.63, 3.8) is 0 Å². The molecule has 0 amide bonds. The van der Waals surface area contributed by atoms with E-state index in [1.165, 1.54) is 32.1 Å². The summed E-state index contributed by atoms with van der Waals surface area (Å²) in [5.74, 6) is 7.28. The Morgan fingerprint density at radius 1 is 1.06 bits per heavy atom. The SMILES string of the molecule is CCC(C)CC1C2CCC(C)CC(C(C)CC)C21. The van der Waals surface area contributed by atoms with Crippen molar-refractivity contribution in [2.45, 2.75) is 73.1 Å². The van der Waals surface area contributed by atoms with Gasteiger partial charge in [0.15, 0.2) is 0 Å². The van der Waals surface area contributed by atoms with Gasteiger partial charge in [-0.15, -0.1) is 0 Å². The van der Waals surface area contributed by atoms with Gasteiger partial charge in [0.05, 0.1) is 0 Å². The zero-order valence-electron chi connectivity index (χ0n) is 13.3. The minimum Gasteiger partial charge on any atom is -0.0651 e. The fourth-order valence-electron chi connectivity index (χ4n) is 4.61. The predicted octanol–water partition coefficient (Wildman–Crippen LogP) is 5.77. The molecule has 0 N–H and O–H groups in total. The first-order chi connectivity index (χ1) is 8.58. The van der Waals surface area contributed by atoms with Crippen molar-refractivity contribution in [2.24, 2.45) is 41.4 Å². The topological polar surface area (TPSA) is 0 Å². The highest BCUT2D eigenvalue weighted by molar-refractivity contribution is 5.03. The normalized spacial score (nSPS) is 42.8. The van der Waals surface area contributed by atoms with Gasteiger partial charge in [0.1, 0.15) is 0 Å². The number of hydrogen-bond acceptors (Lipinski definition) is 0. The second-order valence-corrected chi connectivity index (χ2v) is 7.62. The summed E-state index contributed by atoms with van der Waals surface area (Å²) in [4.78, 5) is 0. The molecule has 2 fully saturated rings. The lowest BCUT2D eigenvalue weighted by atomic mass is 9.80. The Balaban J connectivity index is 1.99. The maximum Gasteiger partial charge on any atom is -0.0321 e. The first-order valence-electron chi connectivity index (χ1n) is 8.58. The van der Waals surface area contributed by atoms with Crippen LogP contribution in [0.15, 0.2) is 0 Å². The summed E-state index contributed by atoms with van der Waals surface area (Å²) in [6, 6.07) is 0. The van der Waals surface area contributed by atoms with E-state index in [1.54, 1.807) is 6.42 Å². The molecule has 106 valence electrons. The van der Waals surface area contributed by atoms with Crippen LogP contribution in [0, 0.1) is 41.4 Å². The lowest BCUT2D eigenvalue weighted by Gasteiger charge is -2.26. The van der Waals surface area contributed by atoms with E-state index >= 15 is 0 Å². The Morgan fingerprint density at radius 3 is 2.39 bits per heavy atom. The molecular formula is C18H34. The third kappa shape index (κ3) is 2.94. The van der Waals surface area contributed by atoms with E-state index in [4.69, 9.17) is 0 Å². The fourth-order valence-corrected chi connectivity index (χ4v) is 4.61. The van der Waals surface area contributed by atoms with Crippen LogP contribution in [0.3, 0.4) is 0 Å². The van der Waals surface area contributed by atoms with Gasteiger partial charge in [0.25, 0.3) is 0 Å². The van der Waals surface area contributed by atoms with Crippen LogP contribution in [0.4, 0.5) is 0 Å². The van der Waals surface area contributed by atoms with E-state index < -0.39 is 0 Å². The lowest BCUT2D eigenvalue weighted by molar-refractivity contribution is 0.241. The summed E-state index contributed by atoms with van der Waals surface area (Å²) in [6.07, 6.45) is 8.85. The molecule has 0 aliphatic heterocycles. The first kappa shape index (κ1) is 14.4. The van der Waals surface area contributed by atoms with Crippen molar-refractivity contribution in [3.8, 4) is 0 Å². The summed E-state index contributed by atoms with van der Waals surface area (Å²) in [7, 11) is 0. The molecule has 2 saturated carbocycles. The van der Waals surface area contributed by atoms with Gasteiger partial charge in [0.2, 0.25) is 0 Å². The predicted molar refractivity (Wildman–Crippen MR) is 80.5 cm³/mol. The molecular weight excluding hydrogens is 216 g/mol. The molecule has 7 atom stereocenters. The average Bonchev–Trinajstić information content (AvgIpc) is 3.07. The second-order valence-electron chi connectivity index (χ2n) is 7.62. The van der Waals surface area contributed by atoms with Gasteiger partial charge in [-0.2, -0.15) is 0 Å². The highest BCUT2D eigenvalue weighted by Gasteiger charge is 2.55. The van der Waals surface area contributed by atoms with Crippen LogP contribution >= 0.6 is 0 Å². The summed E-state index contributed by atoms with van der Waals surface area (Å²) >= 11 is 0. The summed E-state index contributed by atoms with van der Waals surface area (Å²) < 4.78 is 0. The van der Waals surface area contributed by atoms with E-state index in [2.05, 4.69) is 34.6 Å². The standard InChI is InChI=1S/C18H34/c1-6-12(3)10-17-15-9-8-13(4)11-16(18(15)17)14(5)7-2/h12-18H,6-11H2,1-5H3. The summed E-state index contributed by atoms with van der Waals surface area (Å²) in [5.41, 5.74) is 0. The molecule has 2 aliphatic carbocycles. The van der Waals surface area contributed by atoms with E-state index in [1.807, 2.05) is 0 Å². The molecule has 2 rings (SSSR count). The Hall–Kier alpha value is 0. The van der Waals surface area contributed by atoms with Gasteiger partial charge in [-0.05, 0) is 60.7 Å². The Morgan fingerprint density at radius 2 is 1.78 bits per heavy atom. The molecule has 0 aromatic carbocycles. The maximum atomic E-state index is 2.51. The van der Waals surface area contributed by atoms with Crippen molar-refractivity contribution in [3.05, 3.63) is 0 Å². The molecule has 0 heterocycles. The smallest absolute Gasteiger partial charge is 0.0321 e. The van der Waals surface area contributed by atoms with Gasteiger partial charge >= 0.3 is 0 Å². The van der Waals surface area contributed by atoms with E-state index in [9.17, 15) is 0 Å². The van der Waals surface area contributed by atoms with Crippen LogP contribution in [0.25, 0.3) is 0 Å². The van der Waals surface area contributed by atoms with Crippen molar-refractivity contribution in [1.29, 1.82) is 0 Å². The largest absolute Gasteiger partial charge is 0.0651 e. The second kappa shape index (κ2) is 5.97. The molecule has 0 aromatic rings. The van der Waals surface area contributed by atoms with E-state index in [0.717, 1.165) is 41.4 Å². The molecule has 0 heteroatoms. The minimum atomic E-state index is 0.955. The van der Waals surface area contributed by atoms with Gasteiger partial charge < -0.3 is 0 Å². The zero-order chi connectivity index (χ0) is 13.3. The molecule has 0 nitrogen and oxygen atoms in total. The van der Waals surface area contributed by atoms with Crippen molar-refractivity contribution < 1.29 is 0 Å². The molecule has 0 spiro atoms. The Kier molecular flexibility index (Phi) is 4.78. The quantitative estimate of drug-likeness (QED) is 0.581. The first-order valence-corrected chi connectivity index (χ1v) is 8.58. The molecule has 2 aliphatic rings. The van der Waals surface area contributed by atoms with E-state index in [0.29, 0.717) is 0 Å². The monoisotopic (exact) mass is 250 g/mol. The van der Waals surface area contributed by atoms with Gasteiger partial charge in [0, 0.05) is 0 Å². The third-order valence-corrected chi connectivity index (χ3v) is 6.31. The van der Waals surface area contributed by atoms with Crippen molar-refractivity contribution >= 4 is 0 Å².